The standard InChI is InChI=1S/C19H24N4O5/c1-25-10-5-17-20-18(28-21-17)12-22-6-2-7-23(9-8-22)19(24)14-3-4-15-16(11-14)27-13-26-15/h3-4,11H,2,5-10,12-13H2,1H3. The number of rotatable bonds is 6. The highest BCUT2D eigenvalue weighted by Gasteiger charge is 2.23. The van der Waals surface area contributed by atoms with Crippen LogP contribution in [0.3, 0.4) is 0 Å². The summed E-state index contributed by atoms with van der Waals surface area (Å²) in [5.41, 5.74) is 0.623. The maximum atomic E-state index is 12.9. The second kappa shape index (κ2) is 8.57. The van der Waals surface area contributed by atoms with E-state index in [0.29, 0.717) is 61.4 Å². The number of amides is 1. The number of benzene rings is 1. The summed E-state index contributed by atoms with van der Waals surface area (Å²) in [5, 5.41) is 3.97. The number of hydrogen-bond donors (Lipinski definition) is 0. The van der Waals surface area contributed by atoms with E-state index in [1.807, 2.05) is 4.90 Å². The number of carbonyl (C=O) groups excluding carboxylic acids is 1. The molecule has 0 bridgehead atoms. The summed E-state index contributed by atoms with van der Waals surface area (Å²) in [6, 6.07) is 5.34. The third-order valence-corrected chi connectivity index (χ3v) is 4.89. The minimum atomic E-state index is 0.0137. The molecule has 0 radical (unpaired) electrons. The zero-order valence-corrected chi connectivity index (χ0v) is 15.9. The fourth-order valence-electron chi connectivity index (χ4n) is 3.38. The Morgan fingerprint density at radius 3 is 2.96 bits per heavy atom. The average Bonchev–Trinajstić information content (AvgIpc) is 3.30. The minimum Gasteiger partial charge on any atom is -0.454 e. The molecule has 150 valence electrons. The van der Waals surface area contributed by atoms with Crippen LogP contribution in [0, 0.1) is 0 Å². The van der Waals surface area contributed by atoms with Crippen LogP contribution in [0.2, 0.25) is 0 Å². The molecule has 0 spiro atoms. The summed E-state index contributed by atoms with van der Waals surface area (Å²) in [4.78, 5) is 21.4. The molecule has 1 aromatic carbocycles. The molecule has 1 fully saturated rings. The summed E-state index contributed by atoms with van der Waals surface area (Å²) in [6.45, 7) is 4.36. The molecule has 1 saturated heterocycles. The van der Waals surface area contributed by atoms with Crippen LogP contribution in [-0.4, -0.2) is 72.5 Å². The summed E-state index contributed by atoms with van der Waals surface area (Å²) in [6.07, 6.45) is 1.53. The van der Waals surface area contributed by atoms with Crippen molar-refractivity contribution in [2.75, 3.05) is 46.7 Å². The third-order valence-electron chi connectivity index (χ3n) is 4.89. The Kier molecular flexibility index (Phi) is 5.73. The first-order valence-electron chi connectivity index (χ1n) is 9.44. The highest BCUT2D eigenvalue weighted by molar-refractivity contribution is 5.95. The molecule has 0 N–H and O–H groups in total. The van der Waals surface area contributed by atoms with E-state index < -0.39 is 0 Å². The van der Waals surface area contributed by atoms with E-state index in [2.05, 4.69) is 15.0 Å². The first-order valence-corrected chi connectivity index (χ1v) is 9.44. The van der Waals surface area contributed by atoms with E-state index in [0.717, 1.165) is 19.5 Å². The molecule has 28 heavy (non-hydrogen) atoms. The predicted octanol–water partition coefficient (Wildman–Crippen LogP) is 1.34. The Hall–Kier alpha value is -2.65. The number of methoxy groups -OCH3 is 1. The maximum absolute atomic E-state index is 12.9. The molecule has 3 heterocycles. The lowest BCUT2D eigenvalue weighted by Crippen LogP contribution is -2.35. The summed E-state index contributed by atoms with van der Waals surface area (Å²) in [7, 11) is 1.65. The molecule has 2 aliphatic heterocycles. The van der Waals surface area contributed by atoms with Crippen LogP contribution >= 0.6 is 0 Å². The highest BCUT2D eigenvalue weighted by Crippen LogP contribution is 2.32. The summed E-state index contributed by atoms with van der Waals surface area (Å²) in [5.74, 6) is 2.58. The monoisotopic (exact) mass is 388 g/mol. The third kappa shape index (κ3) is 4.26. The van der Waals surface area contributed by atoms with Crippen molar-refractivity contribution in [2.45, 2.75) is 19.4 Å². The first kappa shape index (κ1) is 18.7. The van der Waals surface area contributed by atoms with Gasteiger partial charge in [0.25, 0.3) is 5.91 Å². The van der Waals surface area contributed by atoms with E-state index in [-0.39, 0.29) is 12.7 Å². The number of nitrogens with zero attached hydrogens (tertiary/aromatic N) is 4. The van der Waals surface area contributed by atoms with Crippen LogP contribution in [-0.2, 0) is 17.7 Å². The quantitative estimate of drug-likeness (QED) is 0.732. The minimum absolute atomic E-state index is 0.0137. The summed E-state index contributed by atoms with van der Waals surface area (Å²) < 4.78 is 21.1. The molecule has 9 heteroatoms. The van der Waals surface area contributed by atoms with Gasteiger partial charge in [-0.1, -0.05) is 5.16 Å². The molecule has 0 saturated carbocycles. The Balaban J connectivity index is 1.33. The van der Waals surface area contributed by atoms with E-state index in [4.69, 9.17) is 18.7 Å². The van der Waals surface area contributed by atoms with Gasteiger partial charge in [0, 0.05) is 45.3 Å². The molecule has 2 aromatic rings. The molecule has 9 nitrogen and oxygen atoms in total. The lowest BCUT2D eigenvalue weighted by atomic mass is 10.1. The van der Waals surface area contributed by atoms with E-state index in [1.165, 1.54) is 0 Å². The lowest BCUT2D eigenvalue weighted by molar-refractivity contribution is 0.0760. The van der Waals surface area contributed by atoms with Gasteiger partial charge in [-0.25, -0.2) is 0 Å². The zero-order chi connectivity index (χ0) is 19.3. The van der Waals surface area contributed by atoms with Crippen molar-refractivity contribution in [1.82, 2.24) is 19.9 Å². The predicted molar refractivity (Wildman–Crippen MR) is 98.2 cm³/mol. The SMILES string of the molecule is COCCc1noc(CN2CCCN(C(=O)c3ccc4c(c3)OCO4)CC2)n1. The zero-order valence-electron chi connectivity index (χ0n) is 15.9. The van der Waals surface area contributed by atoms with Gasteiger partial charge >= 0.3 is 0 Å². The van der Waals surface area contributed by atoms with Gasteiger partial charge in [-0.3, -0.25) is 9.69 Å². The van der Waals surface area contributed by atoms with Crippen molar-refractivity contribution in [3.05, 3.63) is 35.5 Å². The highest BCUT2D eigenvalue weighted by atomic mass is 16.7. The van der Waals surface area contributed by atoms with Gasteiger partial charge < -0.3 is 23.6 Å². The van der Waals surface area contributed by atoms with Gasteiger partial charge in [0.2, 0.25) is 12.7 Å². The first-order chi connectivity index (χ1) is 13.7. The van der Waals surface area contributed by atoms with Gasteiger partial charge in [-0.2, -0.15) is 4.98 Å². The Bertz CT molecular complexity index is 824. The van der Waals surface area contributed by atoms with Crippen molar-refractivity contribution in [3.8, 4) is 11.5 Å². The second-order valence-corrected chi connectivity index (χ2v) is 6.84. The van der Waals surface area contributed by atoms with Gasteiger partial charge in [0.15, 0.2) is 17.3 Å². The number of carbonyl (C=O) groups is 1. The van der Waals surface area contributed by atoms with Gasteiger partial charge in [-0.05, 0) is 24.6 Å². The van der Waals surface area contributed by atoms with Gasteiger partial charge in [0.1, 0.15) is 0 Å². The molecule has 1 amide bonds. The molecule has 4 rings (SSSR count). The van der Waals surface area contributed by atoms with Crippen LogP contribution in [0.5, 0.6) is 11.5 Å². The van der Waals surface area contributed by atoms with Crippen LogP contribution < -0.4 is 9.47 Å². The number of aromatic nitrogens is 2. The number of ether oxygens (including phenoxy) is 3. The topological polar surface area (TPSA) is 90.2 Å². The van der Waals surface area contributed by atoms with Gasteiger partial charge in [-0.15, -0.1) is 0 Å². The van der Waals surface area contributed by atoms with Crippen LogP contribution in [0.1, 0.15) is 28.5 Å². The largest absolute Gasteiger partial charge is 0.454 e. The van der Waals surface area contributed by atoms with Crippen LogP contribution in [0.4, 0.5) is 0 Å². The fraction of sp³-hybridized carbons (Fsp3) is 0.526. The molecular weight excluding hydrogens is 364 g/mol. The fourth-order valence-corrected chi connectivity index (χ4v) is 3.38. The second-order valence-electron chi connectivity index (χ2n) is 6.84. The van der Waals surface area contributed by atoms with E-state index >= 15 is 0 Å². The van der Waals surface area contributed by atoms with Crippen molar-refractivity contribution < 1.29 is 23.5 Å². The maximum Gasteiger partial charge on any atom is 0.254 e. The average molecular weight is 388 g/mol. The van der Waals surface area contributed by atoms with Crippen molar-refractivity contribution in [2.24, 2.45) is 0 Å². The molecule has 0 atom stereocenters. The van der Waals surface area contributed by atoms with Crippen molar-refractivity contribution in [1.29, 1.82) is 0 Å². The van der Waals surface area contributed by atoms with Crippen LogP contribution in [0.25, 0.3) is 0 Å². The normalized spacial score (nSPS) is 17.0. The number of hydrogen-bond acceptors (Lipinski definition) is 8. The Labute approximate surface area is 163 Å². The molecule has 2 aliphatic rings. The lowest BCUT2D eigenvalue weighted by Gasteiger charge is -2.21. The Morgan fingerprint density at radius 2 is 2.07 bits per heavy atom. The molecule has 0 aliphatic carbocycles. The van der Waals surface area contributed by atoms with Crippen molar-refractivity contribution in [3.63, 3.8) is 0 Å². The molecule has 0 unspecified atom stereocenters. The molecular formula is C19H24N4O5. The summed E-state index contributed by atoms with van der Waals surface area (Å²) >= 11 is 0. The van der Waals surface area contributed by atoms with E-state index in [1.54, 1.807) is 25.3 Å². The van der Waals surface area contributed by atoms with Crippen molar-refractivity contribution >= 4 is 5.91 Å². The smallest absolute Gasteiger partial charge is 0.254 e. The van der Waals surface area contributed by atoms with Crippen LogP contribution in [0.15, 0.2) is 22.7 Å². The van der Waals surface area contributed by atoms with E-state index in [9.17, 15) is 4.79 Å². The Morgan fingerprint density at radius 1 is 1.18 bits per heavy atom. The van der Waals surface area contributed by atoms with Gasteiger partial charge in [0.05, 0.1) is 13.2 Å². The number of fused-ring (bicyclic) bond motifs is 1. The molecule has 1 aromatic heterocycles.